The van der Waals surface area contributed by atoms with E-state index in [1.165, 1.54) is 22.3 Å². The second-order valence-electron chi connectivity index (χ2n) is 7.40. The zero-order chi connectivity index (χ0) is 18.8. The molecule has 0 aliphatic carbocycles. The monoisotopic (exact) mass is 362 g/mol. The van der Waals surface area contributed by atoms with Crippen LogP contribution in [0.5, 0.6) is 5.75 Å². The number of amides is 1. The number of fused-ring (bicyclic) bond motifs is 1. The van der Waals surface area contributed by atoms with Crippen molar-refractivity contribution in [3.63, 3.8) is 0 Å². The van der Waals surface area contributed by atoms with Gasteiger partial charge in [0.1, 0.15) is 5.75 Å². The average Bonchev–Trinajstić information content (AvgIpc) is 3.23. The predicted molar refractivity (Wildman–Crippen MR) is 110 cm³/mol. The van der Waals surface area contributed by atoms with Gasteiger partial charge in [-0.05, 0) is 66.3 Å². The average molecular weight is 362 g/mol. The number of anilines is 1. The summed E-state index contributed by atoms with van der Waals surface area (Å²) < 4.78 is 5.28. The van der Waals surface area contributed by atoms with Crippen LogP contribution in [-0.4, -0.2) is 44.1 Å². The first-order chi connectivity index (χ1) is 13.1. The zero-order valence-electron chi connectivity index (χ0n) is 16.1. The molecule has 0 saturated carbocycles. The van der Waals surface area contributed by atoms with Crippen molar-refractivity contribution in [3.8, 4) is 5.75 Å². The first-order valence-corrected chi connectivity index (χ1v) is 9.62. The van der Waals surface area contributed by atoms with Gasteiger partial charge in [-0.1, -0.05) is 24.3 Å². The second kappa shape index (κ2) is 7.47. The molecule has 1 fully saturated rings. The number of hydrogen-bond acceptors (Lipinski definition) is 3. The third-order valence-electron chi connectivity index (χ3n) is 5.46. The highest BCUT2D eigenvalue weighted by atomic mass is 16.5. The van der Waals surface area contributed by atoms with Gasteiger partial charge in [0.25, 0.3) is 0 Å². The van der Waals surface area contributed by atoms with Crippen molar-refractivity contribution in [2.45, 2.75) is 19.8 Å². The van der Waals surface area contributed by atoms with Crippen molar-refractivity contribution in [3.05, 3.63) is 59.2 Å². The summed E-state index contributed by atoms with van der Waals surface area (Å²) in [6.45, 7) is 5.07. The van der Waals surface area contributed by atoms with Crippen molar-refractivity contribution in [2.24, 2.45) is 0 Å². The van der Waals surface area contributed by atoms with Crippen LogP contribution in [0, 0.1) is 6.92 Å². The van der Waals surface area contributed by atoms with Crippen molar-refractivity contribution in [1.29, 1.82) is 0 Å². The number of methoxy groups -OCH3 is 1. The van der Waals surface area contributed by atoms with Crippen LogP contribution < -0.4 is 9.64 Å². The fourth-order valence-corrected chi connectivity index (χ4v) is 3.92. The Hall–Kier alpha value is -2.75. The molecule has 0 N–H and O–H groups in total. The van der Waals surface area contributed by atoms with Crippen LogP contribution in [0.25, 0.3) is 11.6 Å². The van der Waals surface area contributed by atoms with E-state index in [4.69, 9.17) is 4.74 Å². The molecule has 2 aliphatic heterocycles. The molecule has 4 heteroatoms. The van der Waals surface area contributed by atoms with Crippen LogP contribution in [0.4, 0.5) is 5.69 Å². The molecule has 0 atom stereocenters. The SMILES string of the molecule is COc1ccc(C2=Cc3ccc(C)cc3N(CC(=O)N3CCCC3)C2)cc1. The van der Waals surface area contributed by atoms with E-state index < -0.39 is 0 Å². The lowest BCUT2D eigenvalue weighted by molar-refractivity contribution is -0.128. The first-order valence-electron chi connectivity index (χ1n) is 9.62. The van der Waals surface area contributed by atoms with Crippen molar-refractivity contribution >= 4 is 23.2 Å². The smallest absolute Gasteiger partial charge is 0.242 e. The molecule has 1 amide bonds. The summed E-state index contributed by atoms with van der Waals surface area (Å²) in [5.74, 6) is 1.09. The fraction of sp³-hybridized carbons (Fsp3) is 0.348. The fourth-order valence-electron chi connectivity index (χ4n) is 3.92. The highest BCUT2D eigenvalue weighted by Gasteiger charge is 2.25. The predicted octanol–water partition coefficient (Wildman–Crippen LogP) is 3.99. The van der Waals surface area contributed by atoms with Gasteiger partial charge in [0.05, 0.1) is 13.7 Å². The molecule has 0 spiro atoms. The highest BCUT2D eigenvalue weighted by molar-refractivity contribution is 5.93. The third kappa shape index (κ3) is 3.70. The van der Waals surface area contributed by atoms with Crippen LogP contribution in [0.2, 0.25) is 0 Å². The molecule has 27 heavy (non-hydrogen) atoms. The van der Waals surface area contributed by atoms with Crippen LogP contribution in [0.3, 0.4) is 0 Å². The molecule has 2 aromatic carbocycles. The van der Waals surface area contributed by atoms with Gasteiger partial charge in [0, 0.05) is 25.3 Å². The maximum Gasteiger partial charge on any atom is 0.242 e. The number of likely N-dealkylation sites (tertiary alicyclic amines) is 1. The topological polar surface area (TPSA) is 32.8 Å². The van der Waals surface area contributed by atoms with Gasteiger partial charge in [-0.2, -0.15) is 0 Å². The molecule has 140 valence electrons. The Kier molecular flexibility index (Phi) is 4.88. The summed E-state index contributed by atoms with van der Waals surface area (Å²) in [4.78, 5) is 17.0. The molecule has 2 heterocycles. The minimum atomic E-state index is 0.232. The lowest BCUT2D eigenvalue weighted by Gasteiger charge is -2.32. The van der Waals surface area contributed by atoms with Gasteiger partial charge in [-0.25, -0.2) is 0 Å². The lowest BCUT2D eigenvalue weighted by atomic mass is 9.96. The second-order valence-corrected chi connectivity index (χ2v) is 7.40. The minimum absolute atomic E-state index is 0.232. The summed E-state index contributed by atoms with van der Waals surface area (Å²) in [5.41, 5.74) is 5.93. The van der Waals surface area contributed by atoms with E-state index >= 15 is 0 Å². The number of benzene rings is 2. The molecule has 0 aromatic heterocycles. The third-order valence-corrected chi connectivity index (χ3v) is 5.46. The van der Waals surface area contributed by atoms with Crippen molar-refractivity contribution < 1.29 is 9.53 Å². The van der Waals surface area contributed by atoms with Gasteiger partial charge in [0.15, 0.2) is 0 Å². The lowest BCUT2D eigenvalue weighted by Crippen LogP contribution is -2.40. The Labute approximate surface area is 161 Å². The van der Waals surface area contributed by atoms with E-state index in [1.54, 1.807) is 7.11 Å². The Bertz CT molecular complexity index is 864. The zero-order valence-corrected chi connectivity index (χ0v) is 16.1. The van der Waals surface area contributed by atoms with E-state index in [0.717, 1.165) is 43.9 Å². The summed E-state index contributed by atoms with van der Waals surface area (Å²) >= 11 is 0. The Morgan fingerprint density at radius 1 is 1.07 bits per heavy atom. The molecule has 4 nitrogen and oxygen atoms in total. The van der Waals surface area contributed by atoms with Gasteiger partial charge < -0.3 is 14.5 Å². The standard InChI is InChI=1S/C23H26N2O2/c1-17-5-6-19-14-20(18-7-9-21(27-2)10-8-18)15-25(22(19)13-17)16-23(26)24-11-3-4-12-24/h5-10,13-14H,3-4,11-12,15-16H2,1-2H3. The van der Waals surface area contributed by atoms with Crippen LogP contribution in [0.1, 0.15) is 29.5 Å². The van der Waals surface area contributed by atoms with Crippen molar-refractivity contribution in [1.82, 2.24) is 4.90 Å². The normalized spacial score (nSPS) is 16.1. The van der Waals surface area contributed by atoms with Gasteiger partial charge in [-0.15, -0.1) is 0 Å². The Balaban J connectivity index is 1.64. The van der Waals surface area contributed by atoms with Crippen molar-refractivity contribution in [2.75, 3.05) is 38.2 Å². The van der Waals surface area contributed by atoms with E-state index in [1.807, 2.05) is 17.0 Å². The largest absolute Gasteiger partial charge is 0.497 e. The quantitative estimate of drug-likeness (QED) is 0.825. The molecule has 0 radical (unpaired) electrons. The maximum atomic E-state index is 12.8. The summed E-state index contributed by atoms with van der Waals surface area (Å²) in [7, 11) is 1.68. The van der Waals surface area contributed by atoms with E-state index in [-0.39, 0.29) is 5.91 Å². The highest BCUT2D eigenvalue weighted by Crippen LogP contribution is 2.34. The van der Waals surface area contributed by atoms with Gasteiger partial charge in [-0.3, -0.25) is 4.79 Å². The first kappa shape index (κ1) is 17.7. The van der Waals surface area contributed by atoms with Gasteiger partial charge in [0.2, 0.25) is 5.91 Å². The summed E-state index contributed by atoms with van der Waals surface area (Å²) in [5, 5.41) is 0. The van der Waals surface area contributed by atoms with E-state index in [0.29, 0.717) is 6.54 Å². The number of nitrogens with zero attached hydrogens (tertiary/aromatic N) is 2. The molecule has 2 aromatic rings. The Morgan fingerprint density at radius 2 is 1.81 bits per heavy atom. The number of carbonyl (C=O) groups excluding carboxylic acids is 1. The molecule has 4 rings (SSSR count). The number of rotatable bonds is 4. The van der Waals surface area contributed by atoms with E-state index in [2.05, 4.69) is 48.2 Å². The van der Waals surface area contributed by atoms with Crippen LogP contribution in [0.15, 0.2) is 42.5 Å². The van der Waals surface area contributed by atoms with Gasteiger partial charge >= 0.3 is 0 Å². The summed E-state index contributed by atoms with van der Waals surface area (Å²) in [6, 6.07) is 14.6. The molecular weight excluding hydrogens is 336 g/mol. The Morgan fingerprint density at radius 3 is 2.52 bits per heavy atom. The number of carbonyl (C=O) groups is 1. The number of hydrogen-bond donors (Lipinski definition) is 0. The molecule has 0 bridgehead atoms. The van der Waals surface area contributed by atoms with E-state index in [9.17, 15) is 4.79 Å². The van der Waals surface area contributed by atoms with Crippen LogP contribution in [-0.2, 0) is 4.79 Å². The molecule has 2 aliphatic rings. The molecular formula is C23H26N2O2. The number of ether oxygens (including phenoxy) is 1. The van der Waals surface area contributed by atoms with Crippen LogP contribution >= 0.6 is 0 Å². The number of aryl methyl sites for hydroxylation is 1. The summed E-state index contributed by atoms with van der Waals surface area (Å²) in [6.07, 6.45) is 4.49. The minimum Gasteiger partial charge on any atom is -0.497 e. The molecule has 0 unspecified atom stereocenters. The molecule has 1 saturated heterocycles. The maximum absolute atomic E-state index is 12.8.